The smallest absolute Gasteiger partial charge is 0.253 e. The Kier molecular flexibility index (Phi) is 5.32. The number of hydrogen-bond acceptors (Lipinski definition) is 5. The Labute approximate surface area is 224 Å². The standard InChI is InChI=1S/C28H26Cl2N2O5/c1-3-12-32-23(34)17-11-10-16-19(20(17)24(32)35)13-27(29)25(36)31(2)26(37)28(27,30)21(16)18-9-8-14-6-4-5-7-15(14)22(18)33/h4-10,17,19-21,33H,3,11-13H2,1-2H3/t17-,19+,20-,21+,27+,28-/m0/s1. The van der Waals surface area contributed by atoms with Crippen LogP contribution in [0.2, 0.25) is 0 Å². The van der Waals surface area contributed by atoms with Crippen molar-refractivity contribution in [1.29, 1.82) is 0 Å². The molecule has 2 aromatic rings. The average Bonchev–Trinajstić information content (AvgIpc) is 3.20. The molecular formula is C28H26Cl2N2O5. The zero-order chi connectivity index (χ0) is 26.4. The minimum atomic E-state index is -1.91. The van der Waals surface area contributed by atoms with E-state index in [1.54, 1.807) is 18.2 Å². The first kappa shape index (κ1) is 24.4. The molecule has 2 aliphatic carbocycles. The van der Waals surface area contributed by atoms with Crippen LogP contribution in [0.1, 0.15) is 37.7 Å². The van der Waals surface area contributed by atoms with Crippen LogP contribution >= 0.6 is 23.2 Å². The van der Waals surface area contributed by atoms with Gasteiger partial charge in [-0.05, 0) is 30.6 Å². The van der Waals surface area contributed by atoms with Gasteiger partial charge in [-0.1, -0.05) is 55.0 Å². The largest absolute Gasteiger partial charge is 0.507 e. The number of benzene rings is 2. The molecule has 0 radical (unpaired) electrons. The van der Waals surface area contributed by atoms with Gasteiger partial charge < -0.3 is 5.11 Å². The second kappa shape index (κ2) is 8.05. The van der Waals surface area contributed by atoms with Gasteiger partial charge in [-0.2, -0.15) is 0 Å². The first-order valence-electron chi connectivity index (χ1n) is 12.5. The topological polar surface area (TPSA) is 95.0 Å². The van der Waals surface area contributed by atoms with Gasteiger partial charge in [0.05, 0.1) is 11.8 Å². The number of fused-ring (bicyclic) bond motifs is 5. The van der Waals surface area contributed by atoms with Crippen LogP contribution in [0.3, 0.4) is 0 Å². The molecule has 1 saturated carbocycles. The SMILES string of the molecule is CCCN1C(=O)[C@H]2[C@H](CC=C3[C@H]2C[C@@]2(Cl)C(=O)N(C)C(=O)[C@@]2(Cl)[C@H]3c2ccc3ccccc3c2O)C1=O. The van der Waals surface area contributed by atoms with Crippen molar-refractivity contribution >= 4 is 57.6 Å². The highest BCUT2D eigenvalue weighted by Crippen LogP contribution is 2.66. The van der Waals surface area contributed by atoms with Gasteiger partial charge in [-0.3, -0.25) is 29.0 Å². The number of rotatable bonds is 3. The van der Waals surface area contributed by atoms with Gasteiger partial charge in [0, 0.05) is 30.5 Å². The Morgan fingerprint density at radius 2 is 1.73 bits per heavy atom. The summed E-state index contributed by atoms with van der Waals surface area (Å²) < 4.78 is 0. The number of carbonyl (C=O) groups excluding carboxylic acids is 4. The quantitative estimate of drug-likeness (QED) is 0.361. The normalized spacial score (nSPS) is 35.1. The first-order chi connectivity index (χ1) is 17.6. The molecule has 37 heavy (non-hydrogen) atoms. The van der Waals surface area contributed by atoms with E-state index in [2.05, 4.69) is 0 Å². The molecule has 7 nitrogen and oxygen atoms in total. The number of phenolic OH excluding ortho intramolecular Hbond substituents is 1. The third-order valence-electron chi connectivity index (χ3n) is 8.80. The Bertz CT molecular complexity index is 1440. The maximum Gasteiger partial charge on any atom is 0.253 e. The van der Waals surface area contributed by atoms with E-state index in [0.29, 0.717) is 35.9 Å². The molecule has 9 heteroatoms. The Hall–Kier alpha value is -2.90. The van der Waals surface area contributed by atoms with Crippen LogP contribution in [0.15, 0.2) is 48.0 Å². The van der Waals surface area contributed by atoms with Crippen molar-refractivity contribution in [2.24, 2.45) is 17.8 Å². The summed E-state index contributed by atoms with van der Waals surface area (Å²) in [5.41, 5.74) is 1.04. The second-order valence-electron chi connectivity index (χ2n) is 10.6. The first-order valence-corrected chi connectivity index (χ1v) is 13.3. The van der Waals surface area contributed by atoms with Crippen LogP contribution < -0.4 is 0 Å². The summed E-state index contributed by atoms with van der Waals surface area (Å²) in [4.78, 5) is 52.3. The summed E-state index contributed by atoms with van der Waals surface area (Å²) in [5, 5.41) is 12.8. The lowest BCUT2D eigenvalue weighted by molar-refractivity contribution is -0.141. The highest BCUT2D eigenvalue weighted by molar-refractivity contribution is 6.53. The van der Waals surface area contributed by atoms with Crippen molar-refractivity contribution in [3.8, 4) is 5.75 Å². The van der Waals surface area contributed by atoms with Crippen molar-refractivity contribution in [2.45, 2.75) is 41.9 Å². The molecule has 2 heterocycles. The number of likely N-dealkylation sites (tertiary alicyclic amines) is 2. The fraction of sp³-hybridized carbons (Fsp3) is 0.429. The van der Waals surface area contributed by atoms with Crippen LogP contribution in [-0.4, -0.2) is 61.9 Å². The number of alkyl halides is 2. The monoisotopic (exact) mass is 540 g/mol. The third-order valence-corrected chi connectivity index (χ3v) is 10.2. The van der Waals surface area contributed by atoms with Crippen molar-refractivity contribution in [2.75, 3.05) is 13.6 Å². The molecule has 6 atom stereocenters. The highest BCUT2D eigenvalue weighted by atomic mass is 35.5. The lowest BCUT2D eigenvalue weighted by Crippen LogP contribution is -2.60. The molecular weight excluding hydrogens is 515 g/mol. The Morgan fingerprint density at radius 3 is 2.46 bits per heavy atom. The average molecular weight is 541 g/mol. The molecule has 2 saturated heterocycles. The lowest BCUT2D eigenvalue weighted by Gasteiger charge is -2.50. The number of aromatic hydroxyl groups is 1. The van der Waals surface area contributed by atoms with Crippen LogP contribution in [0, 0.1) is 17.8 Å². The summed E-state index contributed by atoms with van der Waals surface area (Å²) in [6.07, 6.45) is 2.77. The minimum Gasteiger partial charge on any atom is -0.507 e. The number of carbonyl (C=O) groups is 4. The molecule has 3 fully saturated rings. The van der Waals surface area contributed by atoms with Gasteiger partial charge in [0.2, 0.25) is 11.8 Å². The number of amides is 4. The molecule has 0 unspecified atom stereocenters. The van der Waals surface area contributed by atoms with Gasteiger partial charge in [-0.25, -0.2) is 0 Å². The fourth-order valence-corrected chi connectivity index (χ4v) is 8.11. The van der Waals surface area contributed by atoms with Crippen LogP contribution in [0.4, 0.5) is 0 Å². The molecule has 192 valence electrons. The molecule has 0 aromatic heterocycles. The predicted octanol–water partition coefficient (Wildman–Crippen LogP) is 3.94. The van der Waals surface area contributed by atoms with E-state index in [4.69, 9.17) is 23.2 Å². The zero-order valence-electron chi connectivity index (χ0n) is 20.4. The van der Waals surface area contributed by atoms with E-state index in [0.717, 1.165) is 10.3 Å². The van der Waals surface area contributed by atoms with Gasteiger partial charge >= 0.3 is 0 Å². The second-order valence-corrected chi connectivity index (χ2v) is 11.8. The van der Waals surface area contributed by atoms with E-state index in [-0.39, 0.29) is 24.0 Å². The van der Waals surface area contributed by atoms with Crippen LogP contribution in [0.25, 0.3) is 10.8 Å². The maximum absolute atomic E-state index is 13.6. The van der Waals surface area contributed by atoms with E-state index in [1.807, 2.05) is 31.2 Å². The molecule has 0 bridgehead atoms. The summed E-state index contributed by atoms with van der Waals surface area (Å²) >= 11 is 14.3. The summed E-state index contributed by atoms with van der Waals surface area (Å²) in [5.74, 6) is -4.63. The number of halogens is 2. The molecule has 0 spiro atoms. The molecule has 1 N–H and O–H groups in total. The molecule has 2 aliphatic heterocycles. The minimum absolute atomic E-state index is 0.0518. The maximum atomic E-state index is 13.6. The van der Waals surface area contributed by atoms with Gasteiger partial charge in [-0.15, -0.1) is 23.2 Å². The lowest BCUT2D eigenvalue weighted by atomic mass is 9.56. The summed E-state index contributed by atoms with van der Waals surface area (Å²) in [6, 6.07) is 10.8. The molecule has 4 amide bonds. The number of phenols is 1. The number of imide groups is 2. The Morgan fingerprint density at radius 1 is 1.00 bits per heavy atom. The van der Waals surface area contributed by atoms with Gasteiger partial charge in [0.15, 0.2) is 9.75 Å². The third kappa shape index (κ3) is 2.90. The van der Waals surface area contributed by atoms with E-state index < -0.39 is 45.2 Å². The number of hydrogen-bond donors (Lipinski definition) is 1. The van der Waals surface area contributed by atoms with E-state index in [1.165, 1.54) is 11.9 Å². The van der Waals surface area contributed by atoms with Crippen molar-refractivity contribution in [3.05, 3.63) is 53.6 Å². The summed E-state index contributed by atoms with van der Waals surface area (Å²) in [6.45, 7) is 2.23. The molecule has 6 rings (SSSR count). The number of allylic oxidation sites excluding steroid dienone is 2. The van der Waals surface area contributed by atoms with Gasteiger partial charge in [0.25, 0.3) is 11.8 Å². The van der Waals surface area contributed by atoms with Crippen molar-refractivity contribution in [1.82, 2.24) is 9.80 Å². The van der Waals surface area contributed by atoms with E-state index >= 15 is 0 Å². The zero-order valence-corrected chi connectivity index (χ0v) is 21.9. The van der Waals surface area contributed by atoms with Crippen molar-refractivity contribution in [3.63, 3.8) is 0 Å². The van der Waals surface area contributed by atoms with Crippen LogP contribution in [-0.2, 0) is 19.2 Å². The Balaban J connectivity index is 1.59. The van der Waals surface area contributed by atoms with Gasteiger partial charge in [0.1, 0.15) is 5.75 Å². The van der Waals surface area contributed by atoms with Crippen molar-refractivity contribution < 1.29 is 24.3 Å². The fourth-order valence-electron chi connectivity index (χ4n) is 7.10. The van der Waals surface area contributed by atoms with E-state index in [9.17, 15) is 24.3 Å². The number of nitrogens with zero attached hydrogens (tertiary/aromatic N) is 2. The predicted molar refractivity (Wildman–Crippen MR) is 138 cm³/mol. The summed E-state index contributed by atoms with van der Waals surface area (Å²) in [7, 11) is 1.35. The highest BCUT2D eigenvalue weighted by Gasteiger charge is 2.76. The van der Waals surface area contributed by atoms with Crippen LogP contribution in [0.5, 0.6) is 5.75 Å². The molecule has 4 aliphatic rings. The molecule has 2 aromatic carbocycles.